The second kappa shape index (κ2) is 17.0. The van der Waals surface area contributed by atoms with Gasteiger partial charge >= 0.3 is 0 Å². The van der Waals surface area contributed by atoms with Crippen molar-refractivity contribution in [1.82, 2.24) is 0 Å². The third-order valence-corrected chi connectivity index (χ3v) is 3.65. The van der Waals surface area contributed by atoms with Gasteiger partial charge in [0.15, 0.2) is 6.29 Å². The molecule has 0 heterocycles. The number of unbranched alkanes of at least 4 members (excludes halogenated alkanes) is 8. The van der Waals surface area contributed by atoms with Crippen LogP contribution in [0, 0.1) is 0 Å². The molecule has 2 heteroatoms. The van der Waals surface area contributed by atoms with Crippen molar-refractivity contribution in [1.29, 1.82) is 0 Å². The summed E-state index contributed by atoms with van der Waals surface area (Å²) >= 11 is 0. The lowest BCUT2D eigenvalue weighted by molar-refractivity contribution is -0.147. The molecule has 0 aromatic carbocycles. The number of hydrogen-bond acceptors (Lipinski definition) is 2. The Labute approximate surface area is 127 Å². The first-order valence-electron chi connectivity index (χ1n) is 9.08. The highest BCUT2D eigenvalue weighted by Gasteiger charge is 2.08. The van der Waals surface area contributed by atoms with Crippen LogP contribution < -0.4 is 0 Å². The molecule has 0 unspecified atom stereocenters. The van der Waals surface area contributed by atoms with Crippen LogP contribution in [-0.4, -0.2) is 19.5 Å². The molecule has 0 spiro atoms. The quantitative estimate of drug-likeness (QED) is 0.252. The molecule has 0 fully saturated rings. The van der Waals surface area contributed by atoms with Gasteiger partial charge in [0.25, 0.3) is 0 Å². The van der Waals surface area contributed by atoms with E-state index < -0.39 is 0 Å². The SMILES string of the molecule is CCCCCCCCCC(OCCCC)OCCCC. The van der Waals surface area contributed by atoms with Gasteiger partial charge in [-0.25, -0.2) is 0 Å². The summed E-state index contributed by atoms with van der Waals surface area (Å²) in [5.41, 5.74) is 0. The zero-order valence-corrected chi connectivity index (χ0v) is 14.3. The molecule has 2 nitrogen and oxygen atoms in total. The van der Waals surface area contributed by atoms with Crippen LogP contribution in [0.3, 0.4) is 0 Å². The maximum Gasteiger partial charge on any atom is 0.157 e. The van der Waals surface area contributed by atoms with Crippen molar-refractivity contribution in [2.45, 2.75) is 104 Å². The van der Waals surface area contributed by atoms with Gasteiger partial charge in [-0.15, -0.1) is 0 Å². The van der Waals surface area contributed by atoms with Crippen LogP contribution >= 0.6 is 0 Å². The Kier molecular flexibility index (Phi) is 16.9. The third-order valence-electron chi connectivity index (χ3n) is 3.65. The minimum absolute atomic E-state index is 0.0451. The van der Waals surface area contributed by atoms with Crippen LogP contribution in [0.2, 0.25) is 0 Å². The van der Waals surface area contributed by atoms with Gasteiger partial charge in [0, 0.05) is 13.2 Å². The minimum Gasteiger partial charge on any atom is -0.353 e. The molecule has 0 amide bonds. The topological polar surface area (TPSA) is 18.5 Å². The fraction of sp³-hybridized carbons (Fsp3) is 1.00. The summed E-state index contributed by atoms with van der Waals surface area (Å²) < 4.78 is 11.7. The molecular weight excluding hydrogens is 248 g/mol. The molecule has 0 radical (unpaired) electrons. The molecule has 0 aliphatic heterocycles. The van der Waals surface area contributed by atoms with Gasteiger partial charge in [-0.05, 0) is 25.7 Å². The van der Waals surface area contributed by atoms with Crippen LogP contribution in [0.4, 0.5) is 0 Å². The highest BCUT2D eigenvalue weighted by molar-refractivity contribution is 4.51. The second-order valence-corrected chi connectivity index (χ2v) is 5.79. The van der Waals surface area contributed by atoms with Crippen molar-refractivity contribution in [2.75, 3.05) is 13.2 Å². The van der Waals surface area contributed by atoms with Crippen LogP contribution in [0.15, 0.2) is 0 Å². The summed E-state index contributed by atoms with van der Waals surface area (Å²) in [5.74, 6) is 0. The standard InChI is InChI=1S/C18H38O2/c1-4-7-10-11-12-13-14-15-18(19-16-8-5-2)20-17-9-6-3/h18H,4-17H2,1-3H3. The van der Waals surface area contributed by atoms with E-state index in [2.05, 4.69) is 20.8 Å². The van der Waals surface area contributed by atoms with Crippen LogP contribution in [0.5, 0.6) is 0 Å². The molecule has 20 heavy (non-hydrogen) atoms. The fourth-order valence-corrected chi connectivity index (χ4v) is 2.20. The van der Waals surface area contributed by atoms with Crippen molar-refractivity contribution in [3.8, 4) is 0 Å². The Bertz CT molecular complexity index is 161. The molecular formula is C18H38O2. The van der Waals surface area contributed by atoms with Crippen molar-refractivity contribution < 1.29 is 9.47 Å². The van der Waals surface area contributed by atoms with Crippen LogP contribution in [0.25, 0.3) is 0 Å². The monoisotopic (exact) mass is 286 g/mol. The molecule has 0 aromatic rings. The average molecular weight is 286 g/mol. The fourth-order valence-electron chi connectivity index (χ4n) is 2.20. The summed E-state index contributed by atoms with van der Waals surface area (Å²) in [6, 6.07) is 0. The zero-order chi connectivity index (χ0) is 14.9. The van der Waals surface area contributed by atoms with Crippen molar-refractivity contribution in [3.05, 3.63) is 0 Å². The molecule has 0 saturated heterocycles. The molecule has 0 N–H and O–H groups in total. The molecule has 0 aliphatic carbocycles. The third kappa shape index (κ3) is 14.3. The van der Waals surface area contributed by atoms with E-state index in [1.165, 1.54) is 57.8 Å². The summed E-state index contributed by atoms with van der Waals surface area (Å²) in [6.07, 6.45) is 15.3. The van der Waals surface area contributed by atoms with Crippen LogP contribution in [0.1, 0.15) is 97.8 Å². The Morgan fingerprint density at radius 3 is 1.50 bits per heavy atom. The van der Waals surface area contributed by atoms with Crippen molar-refractivity contribution in [3.63, 3.8) is 0 Å². The van der Waals surface area contributed by atoms with E-state index in [4.69, 9.17) is 9.47 Å². The van der Waals surface area contributed by atoms with Crippen molar-refractivity contribution >= 4 is 0 Å². The zero-order valence-electron chi connectivity index (χ0n) is 14.3. The molecule has 0 saturated carbocycles. The van der Waals surface area contributed by atoms with Gasteiger partial charge in [0.05, 0.1) is 0 Å². The Hall–Kier alpha value is -0.0800. The average Bonchev–Trinajstić information content (AvgIpc) is 2.46. The van der Waals surface area contributed by atoms with Gasteiger partial charge in [0.2, 0.25) is 0 Å². The van der Waals surface area contributed by atoms with Crippen molar-refractivity contribution in [2.24, 2.45) is 0 Å². The Morgan fingerprint density at radius 2 is 1.00 bits per heavy atom. The van der Waals surface area contributed by atoms with Gasteiger partial charge in [-0.1, -0.05) is 72.1 Å². The number of rotatable bonds is 16. The summed E-state index contributed by atoms with van der Waals surface area (Å²) in [5, 5.41) is 0. The predicted molar refractivity (Wildman–Crippen MR) is 88.1 cm³/mol. The lowest BCUT2D eigenvalue weighted by Crippen LogP contribution is -2.18. The summed E-state index contributed by atoms with van der Waals surface area (Å²) in [4.78, 5) is 0. The maximum absolute atomic E-state index is 5.85. The highest BCUT2D eigenvalue weighted by Crippen LogP contribution is 2.13. The van der Waals surface area contributed by atoms with E-state index in [0.29, 0.717) is 0 Å². The van der Waals surface area contributed by atoms with Gasteiger partial charge < -0.3 is 9.47 Å². The summed E-state index contributed by atoms with van der Waals surface area (Å²) in [6.45, 7) is 8.37. The predicted octanol–water partition coefficient (Wildman–Crippen LogP) is 6.09. The number of hydrogen-bond donors (Lipinski definition) is 0. The van der Waals surface area contributed by atoms with Crippen LogP contribution in [-0.2, 0) is 9.47 Å². The first-order valence-corrected chi connectivity index (χ1v) is 9.08. The minimum atomic E-state index is 0.0451. The lowest BCUT2D eigenvalue weighted by Gasteiger charge is -2.18. The molecule has 0 aliphatic rings. The first-order chi connectivity index (χ1) is 9.85. The van der Waals surface area contributed by atoms with E-state index in [1.807, 2.05) is 0 Å². The molecule has 122 valence electrons. The first kappa shape index (κ1) is 19.9. The highest BCUT2D eigenvalue weighted by atomic mass is 16.7. The molecule has 0 aromatic heterocycles. The molecule has 0 atom stereocenters. The lowest BCUT2D eigenvalue weighted by atomic mass is 10.1. The van der Waals surface area contributed by atoms with E-state index in [1.54, 1.807) is 0 Å². The van der Waals surface area contributed by atoms with E-state index in [9.17, 15) is 0 Å². The van der Waals surface area contributed by atoms with E-state index in [-0.39, 0.29) is 6.29 Å². The van der Waals surface area contributed by atoms with E-state index >= 15 is 0 Å². The van der Waals surface area contributed by atoms with Gasteiger partial charge in [-0.3, -0.25) is 0 Å². The smallest absolute Gasteiger partial charge is 0.157 e. The number of ether oxygens (including phenoxy) is 2. The second-order valence-electron chi connectivity index (χ2n) is 5.79. The maximum atomic E-state index is 5.85. The Balaban J connectivity index is 3.56. The largest absolute Gasteiger partial charge is 0.353 e. The Morgan fingerprint density at radius 1 is 0.550 bits per heavy atom. The summed E-state index contributed by atoms with van der Waals surface area (Å²) in [7, 11) is 0. The normalized spacial score (nSPS) is 11.4. The molecule has 0 bridgehead atoms. The van der Waals surface area contributed by atoms with Gasteiger partial charge in [-0.2, -0.15) is 0 Å². The van der Waals surface area contributed by atoms with E-state index in [0.717, 1.165) is 32.5 Å². The van der Waals surface area contributed by atoms with Gasteiger partial charge in [0.1, 0.15) is 0 Å². The molecule has 0 rings (SSSR count).